The highest BCUT2D eigenvalue weighted by molar-refractivity contribution is 5.72. The van der Waals surface area contributed by atoms with E-state index in [2.05, 4.69) is 30.7 Å². The molecule has 0 bridgehead atoms. The van der Waals surface area contributed by atoms with Crippen LogP contribution in [0, 0.1) is 0 Å². The maximum atomic E-state index is 11.7. The Morgan fingerprint density at radius 3 is 2.83 bits per heavy atom. The van der Waals surface area contributed by atoms with Gasteiger partial charge in [-0.1, -0.05) is 6.07 Å². The van der Waals surface area contributed by atoms with Crippen LogP contribution in [-0.2, 0) is 13.0 Å². The van der Waals surface area contributed by atoms with Crippen LogP contribution in [0.4, 0.5) is 11.8 Å². The van der Waals surface area contributed by atoms with Gasteiger partial charge in [0.2, 0.25) is 11.5 Å². The highest BCUT2D eigenvalue weighted by Crippen LogP contribution is 2.29. The summed E-state index contributed by atoms with van der Waals surface area (Å²) in [7, 11) is 0. The fourth-order valence-electron chi connectivity index (χ4n) is 4.31. The van der Waals surface area contributed by atoms with E-state index in [-0.39, 0.29) is 5.56 Å². The summed E-state index contributed by atoms with van der Waals surface area (Å²) in [4.78, 5) is 23.8. The summed E-state index contributed by atoms with van der Waals surface area (Å²) in [6.45, 7) is 0.975. The first-order valence-electron chi connectivity index (χ1n) is 10.4. The maximum absolute atomic E-state index is 11.7. The Morgan fingerprint density at radius 1 is 1.07 bits per heavy atom. The van der Waals surface area contributed by atoms with Crippen LogP contribution in [0.2, 0.25) is 0 Å². The molecule has 1 saturated carbocycles. The molecule has 2 aliphatic rings. The number of nitrogens with one attached hydrogen (secondary N) is 3. The van der Waals surface area contributed by atoms with E-state index in [0.29, 0.717) is 12.1 Å². The predicted octanol–water partition coefficient (Wildman–Crippen LogP) is 2.81. The number of fused-ring (bicyclic) bond motifs is 1. The Balaban J connectivity index is 1.26. The fourth-order valence-corrected chi connectivity index (χ4v) is 4.31. The maximum Gasteiger partial charge on any atom is 0.248 e. The number of nitrogens with zero attached hydrogens (tertiary/aromatic N) is 4. The molecule has 8 heteroatoms. The van der Waals surface area contributed by atoms with Gasteiger partial charge in [0.05, 0.1) is 5.69 Å². The van der Waals surface area contributed by atoms with Crippen molar-refractivity contribution in [1.29, 1.82) is 0 Å². The number of H-pyrrole nitrogens is 1. The Bertz CT molecular complexity index is 1030. The van der Waals surface area contributed by atoms with Crippen LogP contribution in [0.1, 0.15) is 37.9 Å². The van der Waals surface area contributed by atoms with Crippen LogP contribution in [0.5, 0.6) is 0 Å². The van der Waals surface area contributed by atoms with Gasteiger partial charge in [0.1, 0.15) is 11.6 Å². The van der Waals surface area contributed by atoms with E-state index in [1.165, 1.54) is 18.9 Å². The third-order valence-corrected chi connectivity index (χ3v) is 5.74. The summed E-state index contributed by atoms with van der Waals surface area (Å²) < 4.78 is 2.04. The molecular formula is C21H25N7O. The lowest BCUT2D eigenvalue weighted by Gasteiger charge is -2.17. The van der Waals surface area contributed by atoms with Gasteiger partial charge in [-0.2, -0.15) is 4.98 Å². The third-order valence-electron chi connectivity index (χ3n) is 5.74. The van der Waals surface area contributed by atoms with Crippen molar-refractivity contribution in [1.82, 2.24) is 24.7 Å². The predicted molar refractivity (Wildman–Crippen MR) is 112 cm³/mol. The summed E-state index contributed by atoms with van der Waals surface area (Å²) in [6, 6.07) is 9.70. The lowest BCUT2D eigenvalue weighted by atomic mass is 10.1. The fraction of sp³-hybridized carbons (Fsp3) is 0.429. The minimum atomic E-state index is -0.113. The summed E-state index contributed by atoms with van der Waals surface area (Å²) in [5.74, 6) is 2.66. The first kappa shape index (κ1) is 17.9. The van der Waals surface area contributed by atoms with E-state index >= 15 is 0 Å². The minimum absolute atomic E-state index is 0.113. The standard InChI is InChI=1S/C21H25N7O/c29-19-8-3-6-17(25-19)16-5-4-11-22-20(16)23-14-9-10-15(13-14)24-21-26-18-7-1-2-12-28(18)27-21/h3-6,8,11,14-15H,1-2,7,9-10,12-13H2,(H,22,23)(H,24,27)(H,25,29)/t14-,15-/m0/s1. The normalized spacial score (nSPS) is 21.0. The topological polar surface area (TPSA) is 101 Å². The van der Waals surface area contributed by atoms with Gasteiger partial charge in [0, 0.05) is 42.9 Å². The van der Waals surface area contributed by atoms with E-state index < -0.39 is 0 Å². The molecule has 4 heterocycles. The highest BCUT2D eigenvalue weighted by Gasteiger charge is 2.27. The van der Waals surface area contributed by atoms with Crippen LogP contribution in [0.3, 0.4) is 0 Å². The van der Waals surface area contributed by atoms with Gasteiger partial charge >= 0.3 is 0 Å². The van der Waals surface area contributed by atoms with Crippen LogP contribution in [-0.4, -0.2) is 36.8 Å². The molecule has 8 nitrogen and oxygen atoms in total. The zero-order valence-corrected chi connectivity index (χ0v) is 16.3. The van der Waals surface area contributed by atoms with E-state index in [1.807, 2.05) is 22.9 Å². The third kappa shape index (κ3) is 3.87. The molecule has 3 N–H and O–H groups in total. The van der Waals surface area contributed by atoms with Gasteiger partial charge in [-0.15, -0.1) is 5.10 Å². The zero-order valence-electron chi connectivity index (χ0n) is 16.3. The van der Waals surface area contributed by atoms with Gasteiger partial charge in [0.15, 0.2) is 0 Å². The average molecular weight is 391 g/mol. The number of aromatic nitrogens is 5. The molecular weight excluding hydrogens is 366 g/mol. The Kier molecular flexibility index (Phi) is 4.75. The van der Waals surface area contributed by atoms with Crippen molar-refractivity contribution in [3.05, 3.63) is 52.7 Å². The molecule has 0 spiro atoms. The number of rotatable bonds is 5. The smallest absolute Gasteiger partial charge is 0.248 e. The van der Waals surface area contributed by atoms with Gasteiger partial charge in [-0.05, 0) is 50.3 Å². The Labute approximate surface area is 168 Å². The van der Waals surface area contributed by atoms with Crippen LogP contribution in [0.15, 0.2) is 41.3 Å². The quantitative estimate of drug-likeness (QED) is 0.618. The number of anilines is 2. The molecule has 0 radical (unpaired) electrons. The molecule has 150 valence electrons. The first-order chi connectivity index (χ1) is 14.2. The largest absolute Gasteiger partial charge is 0.367 e. The molecule has 3 aromatic heterocycles. The number of aromatic amines is 1. The van der Waals surface area contributed by atoms with Gasteiger partial charge in [-0.25, -0.2) is 9.67 Å². The van der Waals surface area contributed by atoms with Crippen LogP contribution < -0.4 is 16.2 Å². The van der Waals surface area contributed by atoms with Crippen molar-refractivity contribution in [2.45, 2.75) is 57.2 Å². The molecule has 0 aromatic carbocycles. The van der Waals surface area contributed by atoms with E-state index in [1.54, 1.807) is 12.3 Å². The van der Waals surface area contributed by atoms with Crippen molar-refractivity contribution in [2.75, 3.05) is 10.6 Å². The molecule has 1 aliphatic carbocycles. The van der Waals surface area contributed by atoms with Crippen molar-refractivity contribution in [3.63, 3.8) is 0 Å². The molecule has 29 heavy (non-hydrogen) atoms. The van der Waals surface area contributed by atoms with E-state index in [9.17, 15) is 4.79 Å². The molecule has 0 amide bonds. The molecule has 0 unspecified atom stereocenters. The van der Waals surface area contributed by atoms with Crippen molar-refractivity contribution in [2.24, 2.45) is 0 Å². The number of hydrogen-bond donors (Lipinski definition) is 3. The Morgan fingerprint density at radius 2 is 1.97 bits per heavy atom. The van der Waals surface area contributed by atoms with Gasteiger partial charge < -0.3 is 15.6 Å². The second-order valence-electron chi connectivity index (χ2n) is 7.86. The highest BCUT2D eigenvalue weighted by atomic mass is 16.1. The number of hydrogen-bond acceptors (Lipinski definition) is 6. The zero-order chi connectivity index (χ0) is 19.6. The van der Waals surface area contributed by atoms with E-state index in [0.717, 1.165) is 61.1 Å². The number of aryl methyl sites for hydroxylation is 2. The second kappa shape index (κ2) is 7.69. The molecule has 1 fully saturated rings. The number of pyridine rings is 2. The first-order valence-corrected chi connectivity index (χ1v) is 10.4. The van der Waals surface area contributed by atoms with Gasteiger partial charge in [0.25, 0.3) is 0 Å². The van der Waals surface area contributed by atoms with Crippen molar-refractivity contribution < 1.29 is 0 Å². The lowest BCUT2D eigenvalue weighted by molar-refractivity contribution is 0.480. The summed E-state index contributed by atoms with van der Waals surface area (Å²) >= 11 is 0. The van der Waals surface area contributed by atoms with Crippen molar-refractivity contribution in [3.8, 4) is 11.3 Å². The summed E-state index contributed by atoms with van der Waals surface area (Å²) in [5.41, 5.74) is 1.57. The van der Waals surface area contributed by atoms with Crippen LogP contribution in [0.25, 0.3) is 11.3 Å². The van der Waals surface area contributed by atoms with E-state index in [4.69, 9.17) is 0 Å². The molecule has 3 aromatic rings. The molecule has 2 atom stereocenters. The molecule has 5 rings (SSSR count). The summed E-state index contributed by atoms with van der Waals surface area (Å²) in [6.07, 6.45) is 8.27. The van der Waals surface area contributed by atoms with Gasteiger partial charge in [-0.3, -0.25) is 4.79 Å². The molecule has 1 aliphatic heterocycles. The van der Waals surface area contributed by atoms with Crippen molar-refractivity contribution >= 4 is 11.8 Å². The SMILES string of the molecule is O=c1cccc(-c2cccnc2N[C@H]2CC[C@H](Nc3nc4n(n3)CCCC4)C2)[nH]1. The Hall–Kier alpha value is -3.16. The van der Waals surface area contributed by atoms with Crippen LogP contribution >= 0.6 is 0 Å². The second-order valence-corrected chi connectivity index (χ2v) is 7.86. The monoisotopic (exact) mass is 391 g/mol. The average Bonchev–Trinajstić information content (AvgIpc) is 3.34. The molecule has 0 saturated heterocycles. The summed E-state index contributed by atoms with van der Waals surface area (Å²) in [5, 5.41) is 11.7. The lowest BCUT2D eigenvalue weighted by Crippen LogP contribution is -2.22. The minimum Gasteiger partial charge on any atom is -0.367 e.